The Bertz CT molecular complexity index is 1010. The van der Waals surface area contributed by atoms with Gasteiger partial charge in [-0.3, -0.25) is 0 Å². The Hall–Kier alpha value is -2.89. The van der Waals surface area contributed by atoms with E-state index in [9.17, 15) is 4.79 Å². The predicted octanol–water partition coefficient (Wildman–Crippen LogP) is 4.11. The highest BCUT2D eigenvalue weighted by atomic mass is 16.2. The molecule has 3 atom stereocenters. The second kappa shape index (κ2) is 6.08. The van der Waals surface area contributed by atoms with Crippen LogP contribution in [0, 0.1) is 12.8 Å². The number of hydrogen-bond donors (Lipinski definition) is 1. The molecule has 27 heavy (non-hydrogen) atoms. The summed E-state index contributed by atoms with van der Waals surface area (Å²) in [7, 11) is 0. The van der Waals surface area contributed by atoms with Gasteiger partial charge in [0.1, 0.15) is 6.33 Å². The number of amides is 2. The number of piperidine rings is 1. The SMILES string of the molecule is Cc1ccc(NC(=O)N2C3CC(C)C[C@@H]2C3)cc1-c1ccc2ncnn2c1. The van der Waals surface area contributed by atoms with Gasteiger partial charge >= 0.3 is 6.03 Å². The van der Waals surface area contributed by atoms with Gasteiger partial charge in [-0.1, -0.05) is 13.0 Å². The summed E-state index contributed by atoms with van der Waals surface area (Å²) in [6, 6.07) is 10.9. The lowest BCUT2D eigenvalue weighted by Gasteiger charge is -2.54. The van der Waals surface area contributed by atoms with E-state index in [1.807, 2.05) is 35.4 Å². The molecule has 2 aliphatic heterocycles. The summed E-state index contributed by atoms with van der Waals surface area (Å²) in [4.78, 5) is 19.0. The summed E-state index contributed by atoms with van der Waals surface area (Å²) in [5.41, 5.74) is 4.94. The largest absolute Gasteiger partial charge is 0.322 e. The molecule has 2 aromatic heterocycles. The van der Waals surface area contributed by atoms with Crippen molar-refractivity contribution in [3.05, 3.63) is 48.4 Å². The van der Waals surface area contributed by atoms with Gasteiger partial charge in [0.2, 0.25) is 0 Å². The first-order chi connectivity index (χ1) is 13.1. The summed E-state index contributed by atoms with van der Waals surface area (Å²) in [5.74, 6) is 0.732. The van der Waals surface area contributed by atoms with Crippen molar-refractivity contribution in [2.75, 3.05) is 5.32 Å². The van der Waals surface area contributed by atoms with Crippen molar-refractivity contribution in [3.8, 4) is 11.1 Å². The Kier molecular flexibility index (Phi) is 3.67. The molecule has 2 aliphatic rings. The Labute approximate surface area is 158 Å². The minimum Gasteiger partial charge on any atom is -0.318 e. The number of aromatic nitrogens is 3. The molecule has 2 saturated heterocycles. The van der Waals surface area contributed by atoms with Gasteiger partial charge in [0.25, 0.3) is 0 Å². The van der Waals surface area contributed by atoms with Crippen LogP contribution >= 0.6 is 0 Å². The first-order valence-corrected chi connectivity index (χ1v) is 9.58. The van der Waals surface area contributed by atoms with E-state index >= 15 is 0 Å². The molecule has 1 aromatic carbocycles. The molecule has 2 amide bonds. The second-order valence-corrected chi connectivity index (χ2v) is 7.97. The number of nitrogens with zero attached hydrogens (tertiary/aromatic N) is 4. The zero-order valence-corrected chi connectivity index (χ0v) is 15.6. The molecular weight excluding hydrogens is 338 g/mol. The van der Waals surface area contributed by atoms with Crippen LogP contribution in [0.5, 0.6) is 0 Å². The minimum absolute atomic E-state index is 0.0321. The number of carbonyl (C=O) groups is 1. The number of benzene rings is 1. The van der Waals surface area contributed by atoms with Crippen molar-refractivity contribution < 1.29 is 4.79 Å². The number of nitrogens with one attached hydrogen (secondary N) is 1. The standard InChI is InChI=1S/C21H23N5O/c1-13-7-17-10-18(8-13)26(17)21(27)24-16-5-3-14(2)19(9-16)15-4-6-20-22-12-23-25(20)11-15/h3-6,9,11-13,17-18H,7-8,10H2,1-2H3,(H,24,27)/t13?,17-,18?/m1/s1. The Morgan fingerprint density at radius 1 is 1.15 bits per heavy atom. The molecule has 4 heterocycles. The molecule has 3 aromatic rings. The summed E-state index contributed by atoms with van der Waals surface area (Å²) >= 11 is 0. The van der Waals surface area contributed by atoms with Crippen LogP contribution in [0.2, 0.25) is 0 Å². The van der Waals surface area contributed by atoms with E-state index in [2.05, 4.69) is 35.3 Å². The number of pyridine rings is 1. The average molecular weight is 361 g/mol. The number of aryl methyl sites for hydroxylation is 1. The van der Waals surface area contributed by atoms with Crippen molar-refractivity contribution in [1.82, 2.24) is 19.5 Å². The van der Waals surface area contributed by atoms with Crippen LogP contribution < -0.4 is 5.32 Å². The van der Waals surface area contributed by atoms with Crippen LogP contribution in [0.25, 0.3) is 16.8 Å². The van der Waals surface area contributed by atoms with Gasteiger partial charge in [0, 0.05) is 29.5 Å². The second-order valence-electron chi connectivity index (χ2n) is 7.97. The fourth-order valence-electron chi connectivity index (χ4n) is 4.65. The summed E-state index contributed by atoms with van der Waals surface area (Å²) in [6.07, 6.45) is 6.93. The van der Waals surface area contributed by atoms with Gasteiger partial charge < -0.3 is 10.2 Å². The zero-order valence-electron chi connectivity index (χ0n) is 15.6. The first-order valence-electron chi connectivity index (χ1n) is 9.58. The third kappa shape index (κ3) is 2.76. The summed E-state index contributed by atoms with van der Waals surface area (Å²) in [5, 5.41) is 7.32. The topological polar surface area (TPSA) is 62.5 Å². The monoisotopic (exact) mass is 361 g/mol. The zero-order chi connectivity index (χ0) is 18.5. The minimum atomic E-state index is 0.0321. The van der Waals surface area contributed by atoms with Crippen LogP contribution in [-0.2, 0) is 0 Å². The van der Waals surface area contributed by atoms with Crippen molar-refractivity contribution in [2.24, 2.45) is 5.92 Å². The van der Waals surface area contributed by atoms with Gasteiger partial charge in [0.05, 0.1) is 0 Å². The van der Waals surface area contributed by atoms with Gasteiger partial charge in [-0.2, -0.15) is 5.10 Å². The number of anilines is 1. The van der Waals surface area contributed by atoms with Gasteiger partial charge in [-0.15, -0.1) is 0 Å². The van der Waals surface area contributed by atoms with Crippen LogP contribution in [0.1, 0.15) is 31.7 Å². The van der Waals surface area contributed by atoms with Gasteiger partial charge in [-0.25, -0.2) is 14.3 Å². The van der Waals surface area contributed by atoms with Gasteiger partial charge in [0.15, 0.2) is 5.65 Å². The van der Waals surface area contributed by atoms with Crippen LogP contribution in [0.3, 0.4) is 0 Å². The lowest BCUT2D eigenvalue weighted by Crippen LogP contribution is -2.63. The molecule has 2 bridgehead atoms. The highest BCUT2D eigenvalue weighted by Crippen LogP contribution is 2.41. The lowest BCUT2D eigenvalue weighted by molar-refractivity contribution is -0.00600. The summed E-state index contributed by atoms with van der Waals surface area (Å²) in [6.45, 7) is 4.36. The molecule has 2 unspecified atom stereocenters. The van der Waals surface area contributed by atoms with Crippen molar-refractivity contribution in [1.29, 1.82) is 0 Å². The highest BCUT2D eigenvalue weighted by Gasteiger charge is 2.46. The first kappa shape index (κ1) is 16.3. The maximum Gasteiger partial charge on any atom is 0.322 e. The molecule has 138 valence electrons. The molecule has 2 fully saturated rings. The highest BCUT2D eigenvalue weighted by molar-refractivity contribution is 5.91. The van der Waals surface area contributed by atoms with Crippen LogP contribution in [0.15, 0.2) is 42.9 Å². The third-order valence-electron chi connectivity index (χ3n) is 5.99. The molecule has 6 heteroatoms. The van der Waals surface area contributed by atoms with Crippen LogP contribution in [-0.4, -0.2) is 37.6 Å². The molecular formula is C21H23N5O. The van der Waals surface area contributed by atoms with Crippen LogP contribution in [0.4, 0.5) is 10.5 Å². The molecule has 0 radical (unpaired) electrons. The lowest BCUT2D eigenvalue weighted by atomic mass is 9.74. The molecule has 1 N–H and O–H groups in total. The predicted molar refractivity (Wildman–Crippen MR) is 105 cm³/mol. The van der Waals surface area contributed by atoms with Crippen molar-refractivity contribution >= 4 is 17.4 Å². The molecule has 0 saturated carbocycles. The molecule has 0 aliphatic carbocycles. The van der Waals surface area contributed by atoms with E-state index in [1.165, 1.54) is 0 Å². The third-order valence-corrected chi connectivity index (χ3v) is 5.99. The normalized spacial score (nSPS) is 23.9. The molecule has 0 spiro atoms. The van der Waals surface area contributed by atoms with E-state index < -0.39 is 0 Å². The average Bonchev–Trinajstić information content (AvgIpc) is 3.10. The van der Waals surface area contributed by atoms with E-state index in [-0.39, 0.29) is 6.03 Å². The maximum absolute atomic E-state index is 12.8. The van der Waals surface area contributed by atoms with E-state index in [1.54, 1.807) is 10.8 Å². The summed E-state index contributed by atoms with van der Waals surface area (Å²) < 4.78 is 1.77. The maximum atomic E-state index is 12.8. The molecule has 6 nitrogen and oxygen atoms in total. The fourth-order valence-corrected chi connectivity index (χ4v) is 4.65. The van der Waals surface area contributed by atoms with E-state index in [0.29, 0.717) is 12.1 Å². The Morgan fingerprint density at radius 2 is 1.96 bits per heavy atom. The fraction of sp³-hybridized carbons (Fsp3) is 0.381. The van der Waals surface area contributed by atoms with E-state index in [4.69, 9.17) is 0 Å². The Balaban J connectivity index is 1.39. The quantitative estimate of drug-likeness (QED) is 0.747. The van der Waals surface area contributed by atoms with Crippen molar-refractivity contribution in [2.45, 2.75) is 45.2 Å². The number of carbonyl (C=O) groups excluding carboxylic acids is 1. The number of hydrogen-bond acceptors (Lipinski definition) is 3. The molecule has 5 rings (SSSR count). The number of fused-ring (bicyclic) bond motifs is 3. The van der Waals surface area contributed by atoms with Crippen molar-refractivity contribution in [3.63, 3.8) is 0 Å². The number of urea groups is 1. The number of rotatable bonds is 2. The smallest absolute Gasteiger partial charge is 0.318 e. The van der Waals surface area contributed by atoms with Gasteiger partial charge in [-0.05, 0) is 67.5 Å². The Morgan fingerprint density at radius 3 is 2.78 bits per heavy atom. The van der Waals surface area contributed by atoms with E-state index in [0.717, 1.165) is 53.2 Å².